The van der Waals surface area contributed by atoms with Gasteiger partial charge in [0.25, 0.3) is 0 Å². The number of carbonyl (C=O) groups is 1. The van der Waals surface area contributed by atoms with Crippen LogP contribution in [0.5, 0.6) is 0 Å². The number of anilines is 2. The maximum absolute atomic E-state index is 13.6. The minimum absolute atomic E-state index is 0.0827. The van der Waals surface area contributed by atoms with E-state index in [1.165, 1.54) is 0 Å². The molecule has 1 atom stereocenters. The molecule has 3 rings (SSSR count). The monoisotopic (exact) mass is 546 g/mol. The lowest BCUT2D eigenvalue weighted by atomic mass is 10.1. The number of hydrogen-bond acceptors (Lipinski definition) is 8. The number of aromatic nitrogens is 2. The zero-order chi connectivity index (χ0) is 28.3. The molecule has 1 aliphatic heterocycles. The number of morpholine rings is 1. The number of nitrogens with one attached hydrogen (secondary N) is 2. The van der Waals surface area contributed by atoms with Gasteiger partial charge in [0.05, 0.1) is 29.7 Å². The average Bonchev–Trinajstić information content (AvgIpc) is 2.83. The second-order valence-corrected chi connectivity index (χ2v) is 14.7. The fraction of sp³-hybridized carbons (Fsp3) is 0.593. The highest BCUT2D eigenvalue weighted by Crippen LogP contribution is 2.38. The summed E-state index contributed by atoms with van der Waals surface area (Å²) < 4.78 is 30.6. The van der Waals surface area contributed by atoms with E-state index in [9.17, 15) is 13.2 Å². The Hall–Kier alpha value is -2.76. The van der Waals surface area contributed by atoms with E-state index in [1.54, 1.807) is 52.8 Å². The molecule has 0 unspecified atom stereocenters. The second kappa shape index (κ2) is 11.5. The van der Waals surface area contributed by atoms with E-state index in [0.717, 1.165) is 12.1 Å². The third-order valence-electron chi connectivity index (χ3n) is 6.71. The topological polar surface area (TPSA) is 117 Å². The first kappa shape index (κ1) is 29.8. The molecule has 1 fully saturated rings. The van der Waals surface area contributed by atoms with Crippen molar-refractivity contribution in [1.29, 1.82) is 0 Å². The van der Waals surface area contributed by atoms with Gasteiger partial charge in [-0.25, -0.2) is 23.2 Å². The number of nitrogens with zero attached hydrogens (tertiary/aromatic N) is 4. The quantitative estimate of drug-likeness (QED) is 0.517. The summed E-state index contributed by atoms with van der Waals surface area (Å²) in [6.45, 7) is 13.6. The third-order valence-corrected chi connectivity index (χ3v) is 9.88. The number of ether oxygens (including phenoxy) is 1. The summed E-state index contributed by atoms with van der Waals surface area (Å²) in [4.78, 5) is 25.9. The molecule has 1 aromatic heterocycles. The average molecular weight is 547 g/mol. The summed E-state index contributed by atoms with van der Waals surface area (Å²) in [6.07, 6.45) is 0. The Balaban J connectivity index is 1.98. The molecule has 210 valence electrons. The van der Waals surface area contributed by atoms with E-state index < -0.39 is 19.3 Å². The van der Waals surface area contributed by atoms with E-state index in [1.807, 2.05) is 31.1 Å². The van der Waals surface area contributed by atoms with Gasteiger partial charge in [0.15, 0.2) is 15.7 Å². The van der Waals surface area contributed by atoms with Gasteiger partial charge in [-0.1, -0.05) is 0 Å². The molecule has 2 aromatic rings. The Morgan fingerprint density at radius 1 is 1.13 bits per heavy atom. The lowest BCUT2D eigenvalue weighted by Gasteiger charge is -2.36. The molecule has 0 radical (unpaired) electrons. The molecule has 0 bridgehead atoms. The van der Waals surface area contributed by atoms with Crippen LogP contribution >= 0.6 is 0 Å². The van der Waals surface area contributed by atoms with Gasteiger partial charge in [-0.15, -0.1) is 0 Å². The minimum Gasteiger partial charge on any atom is -0.377 e. The fourth-order valence-corrected chi connectivity index (χ4v) is 6.17. The smallest absolute Gasteiger partial charge is 0.319 e. The van der Waals surface area contributed by atoms with Crippen LogP contribution < -0.4 is 15.5 Å². The van der Waals surface area contributed by atoms with Crippen molar-refractivity contribution in [3.63, 3.8) is 0 Å². The van der Waals surface area contributed by atoms with Gasteiger partial charge < -0.3 is 25.2 Å². The molecule has 11 heteroatoms. The van der Waals surface area contributed by atoms with Crippen LogP contribution in [-0.4, -0.2) is 87.0 Å². The number of benzene rings is 1. The highest BCUT2D eigenvalue weighted by Gasteiger charge is 2.46. The lowest BCUT2D eigenvalue weighted by Crippen LogP contribution is -2.45. The predicted molar refractivity (Wildman–Crippen MR) is 152 cm³/mol. The highest BCUT2D eigenvalue weighted by molar-refractivity contribution is 7.93. The van der Waals surface area contributed by atoms with Crippen molar-refractivity contribution in [3.8, 4) is 11.4 Å². The number of urea groups is 1. The Morgan fingerprint density at radius 3 is 2.37 bits per heavy atom. The summed E-state index contributed by atoms with van der Waals surface area (Å²) in [5, 5.41) is 5.64. The molecular weight excluding hydrogens is 504 g/mol. The minimum atomic E-state index is -3.61. The molecule has 1 aliphatic rings. The van der Waals surface area contributed by atoms with Gasteiger partial charge in [-0.3, -0.25) is 0 Å². The SMILES string of the molecule is C[C@H]1COCCN1c1cc(C(C)(C)S(=O)(=O)C(C)(C)C)nc(-c2ccc(NC(=O)NCCN(C)C)cc2)n1. The van der Waals surface area contributed by atoms with Crippen molar-refractivity contribution in [3.05, 3.63) is 36.0 Å². The molecule has 0 spiro atoms. The maximum Gasteiger partial charge on any atom is 0.319 e. The van der Waals surface area contributed by atoms with Crippen molar-refractivity contribution in [2.75, 3.05) is 57.2 Å². The molecule has 1 aromatic carbocycles. The second-order valence-electron chi connectivity index (χ2n) is 11.4. The van der Waals surface area contributed by atoms with Crippen LogP contribution in [0.3, 0.4) is 0 Å². The van der Waals surface area contributed by atoms with Crippen molar-refractivity contribution >= 4 is 27.4 Å². The van der Waals surface area contributed by atoms with E-state index in [0.29, 0.717) is 49.3 Å². The molecule has 2 amide bonds. The maximum atomic E-state index is 13.6. The summed E-state index contributed by atoms with van der Waals surface area (Å²) in [6, 6.07) is 8.81. The molecule has 38 heavy (non-hydrogen) atoms. The van der Waals surface area contributed by atoms with Gasteiger partial charge in [-0.2, -0.15) is 0 Å². The first-order chi connectivity index (χ1) is 17.6. The Bertz CT molecular complexity index is 1220. The fourth-order valence-electron chi connectivity index (χ4n) is 4.26. The molecule has 0 saturated carbocycles. The van der Waals surface area contributed by atoms with Gasteiger partial charge in [0, 0.05) is 37.0 Å². The van der Waals surface area contributed by atoms with Crippen LogP contribution in [0.2, 0.25) is 0 Å². The number of likely N-dealkylation sites (N-methyl/N-ethyl adjacent to an activating group) is 1. The molecule has 10 nitrogen and oxygen atoms in total. The van der Waals surface area contributed by atoms with Crippen LogP contribution in [0, 0.1) is 0 Å². The van der Waals surface area contributed by atoms with Crippen molar-refractivity contribution < 1.29 is 17.9 Å². The Morgan fingerprint density at radius 2 is 1.79 bits per heavy atom. The summed E-state index contributed by atoms with van der Waals surface area (Å²) >= 11 is 0. The Kier molecular flexibility index (Phi) is 9.05. The zero-order valence-corrected chi connectivity index (χ0v) is 24.6. The first-order valence-electron chi connectivity index (χ1n) is 12.9. The zero-order valence-electron chi connectivity index (χ0n) is 23.8. The predicted octanol–water partition coefficient (Wildman–Crippen LogP) is 3.50. The van der Waals surface area contributed by atoms with E-state index in [2.05, 4.69) is 22.5 Å². The van der Waals surface area contributed by atoms with Crippen LogP contribution in [0.15, 0.2) is 30.3 Å². The van der Waals surface area contributed by atoms with E-state index in [4.69, 9.17) is 14.7 Å². The molecule has 1 saturated heterocycles. The van der Waals surface area contributed by atoms with Gasteiger partial charge in [-0.05, 0) is 79.9 Å². The van der Waals surface area contributed by atoms with Crippen LogP contribution in [0.4, 0.5) is 16.3 Å². The highest BCUT2D eigenvalue weighted by atomic mass is 32.2. The van der Waals surface area contributed by atoms with E-state index >= 15 is 0 Å². The van der Waals surface area contributed by atoms with Gasteiger partial charge >= 0.3 is 6.03 Å². The van der Waals surface area contributed by atoms with Crippen molar-refractivity contribution in [2.45, 2.75) is 57.1 Å². The number of hydrogen-bond donors (Lipinski definition) is 2. The number of rotatable bonds is 8. The summed E-state index contributed by atoms with van der Waals surface area (Å²) in [7, 11) is 0.276. The summed E-state index contributed by atoms with van der Waals surface area (Å²) in [5.41, 5.74) is 1.79. The number of amides is 2. The van der Waals surface area contributed by atoms with Crippen LogP contribution in [0.1, 0.15) is 47.2 Å². The first-order valence-corrected chi connectivity index (χ1v) is 14.4. The van der Waals surface area contributed by atoms with Crippen molar-refractivity contribution in [2.24, 2.45) is 0 Å². The van der Waals surface area contributed by atoms with E-state index in [-0.39, 0.29) is 12.1 Å². The van der Waals surface area contributed by atoms with Crippen molar-refractivity contribution in [1.82, 2.24) is 20.2 Å². The lowest BCUT2D eigenvalue weighted by molar-refractivity contribution is 0.0985. The largest absolute Gasteiger partial charge is 0.377 e. The number of carbonyl (C=O) groups excluding carboxylic acids is 1. The Labute approximate surface area is 227 Å². The third kappa shape index (κ3) is 6.62. The van der Waals surface area contributed by atoms with Crippen LogP contribution in [0.25, 0.3) is 11.4 Å². The normalized spacial score (nSPS) is 17.0. The summed E-state index contributed by atoms with van der Waals surface area (Å²) in [5.74, 6) is 1.09. The molecule has 2 N–H and O–H groups in total. The van der Waals surface area contributed by atoms with Gasteiger partial charge in [0.1, 0.15) is 10.6 Å². The van der Waals surface area contributed by atoms with Gasteiger partial charge in [0.2, 0.25) is 0 Å². The molecular formula is C27H42N6O4S. The standard InChI is InChI=1S/C27H42N6O4S/c1-19-18-37-16-15-33(19)23-17-22(27(5,6)38(35,36)26(2,3)4)30-24(31-23)20-9-11-21(12-10-20)29-25(34)28-13-14-32(7)8/h9-12,17,19H,13-16,18H2,1-8H3,(H2,28,29,34)/t19-/m0/s1. The molecule has 2 heterocycles. The number of sulfone groups is 1. The van der Waals surface area contributed by atoms with Crippen LogP contribution in [-0.2, 0) is 19.3 Å². The molecule has 0 aliphatic carbocycles.